The molecule has 3 amide bonds. The van der Waals surface area contributed by atoms with Crippen LogP contribution in [-0.4, -0.2) is 103 Å². The normalized spacial score (nSPS) is 18.5. The molecule has 24 nitrogen and oxygen atoms in total. The molecule has 0 aliphatic carbocycles. The van der Waals surface area contributed by atoms with Gasteiger partial charge in [0, 0.05) is 29.4 Å². The number of nitro benzene ring substituents is 2. The number of ether oxygens (including phenoxy) is 3. The van der Waals surface area contributed by atoms with Gasteiger partial charge in [0.2, 0.25) is 11.8 Å². The number of carbonyl (C=O) groups is 7. The van der Waals surface area contributed by atoms with E-state index < -0.39 is 92.1 Å². The maximum atomic E-state index is 13.3. The molecule has 4 heterocycles. The summed E-state index contributed by atoms with van der Waals surface area (Å²) in [6, 6.07) is 21.9. The van der Waals surface area contributed by atoms with Gasteiger partial charge >= 0.3 is 23.9 Å². The number of hydrogen-bond donors (Lipinski definition) is 4. The summed E-state index contributed by atoms with van der Waals surface area (Å²) in [5.41, 5.74) is 4.17. The summed E-state index contributed by atoms with van der Waals surface area (Å²) >= 11 is 6.24. The van der Waals surface area contributed by atoms with Crippen molar-refractivity contribution in [3.05, 3.63) is 173 Å². The van der Waals surface area contributed by atoms with Crippen LogP contribution in [0.3, 0.4) is 0 Å². The third-order valence-corrected chi connectivity index (χ3v) is 15.1. The molecule has 0 spiro atoms. The molecule has 0 saturated carbocycles. The van der Waals surface area contributed by atoms with Gasteiger partial charge < -0.3 is 30.0 Å². The largest absolute Gasteiger partial charge is 0.468 e. The van der Waals surface area contributed by atoms with Crippen molar-refractivity contribution in [1.29, 1.82) is 5.26 Å². The van der Waals surface area contributed by atoms with Crippen molar-refractivity contribution < 1.29 is 62.7 Å². The van der Waals surface area contributed by atoms with Crippen molar-refractivity contribution in [2.24, 2.45) is 16.7 Å². The Morgan fingerprint density at radius 2 is 1.48 bits per heavy atom. The summed E-state index contributed by atoms with van der Waals surface area (Å²) in [7, 11) is 1.37. The lowest BCUT2D eigenvalue weighted by molar-refractivity contribution is -0.385. The van der Waals surface area contributed by atoms with E-state index in [-0.39, 0.29) is 40.0 Å². The number of hydrazine groups is 1. The fourth-order valence-electron chi connectivity index (χ4n) is 9.44. The Labute approximate surface area is 523 Å². The van der Waals surface area contributed by atoms with E-state index in [1.54, 1.807) is 91.0 Å². The van der Waals surface area contributed by atoms with E-state index in [2.05, 4.69) is 31.8 Å². The molecule has 2 aliphatic rings. The molecule has 0 radical (unpaired) electrons. The highest BCUT2D eigenvalue weighted by Crippen LogP contribution is 2.31. The third-order valence-electron chi connectivity index (χ3n) is 14.8. The van der Waals surface area contributed by atoms with Crippen LogP contribution >= 0.6 is 11.6 Å². The van der Waals surface area contributed by atoms with Crippen molar-refractivity contribution in [3.8, 4) is 6.07 Å². The first-order chi connectivity index (χ1) is 42.3. The molecular formula is C65H70ClN9O15. The molecule has 0 unspecified atom stereocenters. The van der Waals surface area contributed by atoms with Gasteiger partial charge in [-0.1, -0.05) is 98.3 Å². The molecule has 2 aromatic heterocycles. The Morgan fingerprint density at radius 3 is 2.04 bits per heavy atom. The Bertz CT molecular complexity index is 3860. The zero-order valence-electron chi connectivity index (χ0n) is 51.7. The van der Waals surface area contributed by atoms with E-state index in [4.69, 9.17) is 26.1 Å². The first-order valence-electron chi connectivity index (χ1n) is 28.5. The number of nitriles is 1. The Kier molecular flexibility index (Phi) is 22.7. The van der Waals surface area contributed by atoms with E-state index in [1.165, 1.54) is 50.2 Å². The van der Waals surface area contributed by atoms with Crippen molar-refractivity contribution in [2.75, 3.05) is 13.7 Å². The number of aryl methyl sites for hydroxylation is 2. The molecule has 4 N–H and O–H groups in total. The number of nitro groups is 2. The summed E-state index contributed by atoms with van der Waals surface area (Å²) in [4.78, 5) is 119. The highest BCUT2D eigenvalue weighted by atomic mass is 35.5. The van der Waals surface area contributed by atoms with Crippen LogP contribution in [0.4, 0.5) is 11.4 Å². The molecule has 4 aromatic carbocycles. The molecule has 2 aliphatic heterocycles. The predicted octanol–water partition coefficient (Wildman–Crippen LogP) is 10.2. The van der Waals surface area contributed by atoms with Gasteiger partial charge in [-0.2, -0.15) is 5.26 Å². The van der Waals surface area contributed by atoms with E-state index in [9.17, 15) is 64.2 Å². The summed E-state index contributed by atoms with van der Waals surface area (Å²) in [6.07, 6.45) is 6.73. The Hall–Kier alpha value is -9.83. The summed E-state index contributed by atoms with van der Waals surface area (Å²) in [6.45, 7) is 18.8. The molecule has 5 bridgehead atoms. The number of cyclic esters (lactones) is 1. The van der Waals surface area contributed by atoms with Crippen LogP contribution in [0.2, 0.25) is 5.02 Å². The van der Waals surface area contributed by atoms with Crippen LogP contribution in [-0.2, 0) is 38.2 Å². The van der Waals surface area contributed by atoms with Crippen LogP contribution in [0.5, 0.6) is 0 Å². The number of aromatic nitrogens is 2. The summed E-state index contributed by atoms with van der Waals surface area (Å²) in [5, 5.41) is 50.5. The fraction of sp³-hybridized carbons (Fsp3) is 0.354. The Morgan fingerprint density at radius 1 is 0.878 bits per heavy atom. The topological polar surface area (TPSA) is 343 Å². The van der Waals surface area contributed by atoms with E-state index >= 15 is 0 Å². The monoisotopic (exact) mass is 1250 g/mol. The highest BCUT2D eigenvalue weighted by molar-refractivity contribution is 6.35. The number of rotatable bonds is 9. The number of hydrogen-bond acceptors (Lipinski definition) is 19. The van der Waals surface area contributed by atoms with Gasteiger partial charge in [-0.25, -0.2) is 25.0 Å². The predicted molar refractivity (Wildman–Crippen MR) is 334 cm³/mol. The highest BCUT2D eigenvalue weighted by Gasteiger charge is 2.36. The van der Waals surface area contributed by atoms with Crippen molar-refractivity contribution in [1.82, 2.24) is 31.0 Å². The molecule has 1 fully saturated rings. The summed E-state index contributed by atoms with van der Waals surface area (Å²) < 4.78 is 15.2. The lowest BCUT2D eigenvalue weighted by Crippen LogP contribution is -2.61. The average Bonchev–Trinajstić information content (AvgIpc) is 0.985. The maximum Gasteiger partial charge on any atom is 0.353 e. The molecule has 90 heavy (non-hydrogen) atoms. The number of halogens is 1. The molecule has 25 heteroatoms. The quantitative estimate of drug-likeness (QED) is 0.0344. The van der Waals surface area contributed by atoms with Gasteiger partial charge in [-0.3, -0.25) is 49.2 Å². The lowest BCUT2D eigenvalue weighted by atomic mass is 9.89. The first kappa shape index (κ1) is 69.3. The molecule has 472 valence electrons. The number of aliphatic hydroxyl groups is 1. The second-order valence-corrected chi connectivity index (χ2v) is 23.4. The van der Waals surface area contributed by atoms with E-state index in [0.29, 0.717) is 57.8 Å². The SMILES string of the molecule is CC(C)[C@@H]1NC(=O)C(C)(C)/C=C/c2ccc3c(C#N)cc(nc3c2)[C@@H](C)OC(=O)[C@@H]2CCCN(N2)C(=O)[C@H](C)NC1=O.COC(=O)C(C)(C)/C=C/c1ccc2c(Cl)cc([C@@H](C)O)nc2c1.Cc1cccc([N+](=O)[O-])c1C(=O)OC(=O)c1c(C)cccc1[N+](=O)[O-]. The van der Waals surface area contributed by atoms with E-state index in [1.807, 2.05) is 44.2 Å². The van der Waals surface area contributed by atoms with Crippen LogP contribution in [0.1, 0.15) is 147 Å². The number of nitrogens with zero attached hydrogens (tertiary/aromatic N) is 6. The van der Waals surface area contributed by atoms with Gasteiger partial charge in [-0.05, 0) is 128 Å². The molecular weight excluding hydrogens is 1180 g/mol. The number of esters is 4. The average molecular weight is 1250 g/mol. The number of aliphatic hydroxyl groups excluding tert-OH is 1. The van der Waals surface area contributed by atoms with Crippen LogP contribution in [0, 0.1) is 62.2 Å². The minimum absolute atomic E-state index is 0.242. The Balaban J connectivity index is 0.000000230. The van der Waals surface area contributed by atoms with Crippen molar-refractivity contribution in [3.63, 3.8) is 0 Å². The van der Waals surface area contributed by atoms with E-state index in [0.717, 1.165) is 28.6 Å². The van der Waals surface area contributed by atoms with Gasteiger partial charge in [0.15, 0.2) is 0 Å². The molecule has 1 saturated heterocycles. The van der Waals surface area contributed by atoms with Crippen LogP contribution < -0.4 is 16.1 Å². The maximum absolute atomic E-state index is 13.3. The number of carbonyl (C=O) groups excluding carboxylic acids is 7. The number of methoxy groups -OCH3 is 1. The number of amides is 3. The zero-order chi connectivity index (χ0) is 66.7. The van der Waals surface area contributed by atoms with Crippen LogP contribution in [0.25, 0.3) is 34.0 Å². The van der Waals surface area contributed by atoms with Crippen LogP contribution in [0.15, 0.2) is 97.1 Å². The number of pyridine rings is 2. The smallest absolute Gasteiger partial charge is 0.353 e. The molecule has 8 rings (SSSR count). The standard InChI is InChI=1S/C31H38N6O5.C18H20ClNO3.C16H12N2O7/c1-17(2)26-27(38)33-18(3)28(39)37-13-7-8-23(36-37)29(40)42-19(4)24-15-21(16-32)22-10-9-20(14-25(22)34-24)11-12-31(5,6)30(41)35-26;1-11(21)15-10-14(19)13-6-5-12(9-16(13)20-15)7-8-18(2,3)17(22)23-4;1-9-5-3-7-11(17(21)22)13(9)15(19)25-16(20)14-10(2)6-4-8-12(14)18(23)24/h9-12,14-15,17-19,23,26,36H,7-8,13H2,1-6H3,(H,33,38)(H,35,41);5-11,21H,1-4H3;3-8H,1-2H3/b12-11+;8-7+;/t18-,19+,23-,26-;11-;/m01./s1. The second kappa shape index (κ2) is 29.4. The second-order valence-electron chi connectivity index (χ2n) is 23.0. The lowest BCUT2D eigenvalue weighted by Gasteiger charge is -2.35. The van der Waals surface area contributed by atoms with Crippen molar-refractivity contribution >= 4 is 98.5 Å². The third kappa shape index (κ3) is 16.9. The summed E-state index contributed by atoms with van der Waals surface area (Å²) in [5.74, 6) is -4.83. The minimum Gasteiger partial charge on any atom is -0.468 e. The van der Waals surface area contributed by atoms with Gasteiger partial charge in [0.25, 0.3) is 17.3 Å². The van der Waals surface area contributed by atoms with Gasteiger partial charge in [0.05, 0.1) is 73.0 Å². The van der Waals surface area contributed by atoms with Crippen molar-refractivity contribution in [2.45, 2.75) is 119 Å². The number of benzene rings is 4. The first-order valence-corrected chi connectivity index (χ1v) is 28.9. The molecule has 6 aromatic rings. The minimum atomic E-state index is -1.24. The van der Waals surface area contributed by atoms with Gasteiger partial charge in [0.1, 0.15) is 35.4 Å². The number of fused-ring (bicyclic) bond motifs is 5. The number of nitrogens with one attached hydrogen (secondary N) is 3. The zero-order valence-corrected chi connectivity index (χ0v) is 52.5. The fourth-order valence-corrected chi connectivity index (χ4v) is 9.72. The molecule has 5 atom stereocenters. The van der Waals surface area contributed by atoms with Gasteiger partial charge in [-0.15, -0.1) is 0 Å².